The average Bonchev–Trinajstić information content (AvgIpc) is 2.55. The predicted molar refractivity (Wildman–Crippen MR) is 65.5 cm³/mol. The van der Waals surface area contributed by atoms with E-state index < -0.39 is 0 Å². The van der Waals surface area contributed by atoms with Crippen LogP contribution in [0.5, 0.6) is 0 Å². The fraction of sp³-hybridized carbons (Fsp3) is 0.429. The van der Waals surface area contributed by atoms with Crippen LogP contribution in [-0.2, 0) is 11.8 Å². The highest BCUT2D eigenvalue weighted by molar-refractivity contribution is 5.58. The van der Waals surface area contributed by atoms with Gasteiger partial charge in [-0.25, -0.2) is 0 Å². The summed E-state index contributed by atoms with van der Waals surface area (Å²) in [6.45, 7) is 9.01. The van der Waals surface area contributed by atoms with Crippen LogP contribution < -0.4 is 0 Å². The van der Waals surface area contributed by atoms with E-state index >= 15 is 0 Å². The number of pyridine rings is 1. The summed E-state index contributed by atoms with van der Waals surface area (Å²) in [6, 6.07) is 8.76. The third-order valence-corrected chi connectivity index (χ3v) is 2.91. The number of fused-ring (bicyclic) bond motifs is 1. The quantitative estimate of drug-likeness (QED) is 0.661. The van der Waals surface area contributed by atoms with Crippen molar-refractivity contribution in [2.75, 3.05) is 0 Å². The van der Waals surface area contributed by atoms with E-state index in [1.54, 1.807) is 0 Å². The second kappa shape index (κ2) is 3.41. The van der Waals surface area contributed by atoms with Gasteiger partial charge in [-0.3, -0.25) is 0 Å². The molecule has 0 radical (unpaired) electrons. The molecule has 2 heterocycles. The van der Waals surface area contributed by atoms with Crippen LogP contribution in [-0.4, -0.2) is 4.40 Å². The van der Waals surface area contributed by atoms with Crippen molar-refractivity contribution >= 4 is 5.52 Å². The summed E-state index contributed by atoms with van der Waals surface area (Å²) in [7, 11) is 0. The molecule has 2 aromatic rings. The van der Waals surface area contributed by atoms with Crippen LogP contribution in [0.4, 0.5) is 0 Å². The van der Waals surface area contributed by atoms with Crippen LogP contribution in [0.3, 0.4) is 0 Å². The summed E-state index contributed by atoms with van der Waals surface area (Å²) in [6.07, 6.45) is 3.26. The van der Waals surface area contributed by atoms with Gasteiger partial charge in [0, 0.05) is 22.8 Å². The highest BCUT2D eigenvalue weighted by Crippen LogP contribution is 2.27. The van der Waals surface area contributed by atoms with Gasteiger partial charge in [-0.15, -0.1) is 0 Å². The maximum atomic E-state index is 2.34. The number of rotatable bonds is 1. The Hall–Kier alpha value is -1.24. The van der Waals surface area contributed by atoms with Gasteiger partial charge in [0.1, 0.15) is 0 Å². The first-order valence-corrected chi connectivity index (χ1v) is 5.63. The lowest BCUT2D eigenvalue weighted by Gasteiger charge is -2.18. The molecule has 0 saturated heterocycles. The Kier molecular flexibility index (Phi) is 2.34. The van der Waals surface area contributed by atoms with Gasteiger partial charge in [0.25, 0.3) is 0 Å². The number of aromatic nitrogens is 1. The van der Waals surface area contributed by atoms with Crippen molar-refractivity contribution < 1.29 is 0 Å². The summed E-state index contributed by atoms with van der Waals surface area (Å²) in [5.74, 6) is 0. The van der Waals surface area contributed by atoms with E-state index in [4.69, 9.17) is 0 Å². The molecule has 0 atom stereocenters. The van der Waals surface area contributed by atoms with Gasteiger partial charge in [0.05, 0.1) is 0 Å². The van der Waals surface area contributed by atoms with E-state index in [0.717, 1.165) is 6.42 Å². The molecular formula is C14H19N. The Labute approximate surface area is 91.7 Å². The Bertz CT molecular complexity index is 472. The molecule has 2 aromatic heterocycles. The van der Waals surface area contributed by atoms with Crippen molar-refractivity contribution in [3.8, 4) is 0 Å². The smallest absolute Gasteiger partial charge is 0.0485 e. The molecule has 2 rings (SSSR count). The molecule has 0 bridgehead atoms. The van der Waals surface area contributed by atoms with Crippen LogP contribution in [0.2, 0.25) is 0 Å². The standard InChI is InChI=1S/C14H19N/c1-5-11-10-13(14(2,3)4)15-9-7-6-8-12(11)15/h6-10H,5H2,1-4H3. The second-order valence-electron chi connectivity index (χ2n) is 5.11. The number of hydrogen-bond donors (Lipinski definition) is 0. The Morgan fingerprint density at radius 2 is 1.93 bits per heavy atom. The van der Waals surface area contributed by atoms with Crippen molar-refractivity contribution in [3.63, 3.8) is 0 Å². The molecule has 1 nitrogen and oxygen atoms in total. The molecule has 0 amide bonds. The molecule has 0 aliphatic carbocycles. The molecule has 15 heavy (non-hydrogen) atoms. The fourth-order valence-electron chi connectivity index (χ4n) is 2.08. The molecule has 0 aliphatic heterocycles. The minimum atomic E-state index is 0.206. The van der Waals surface area contributed by atoms with Crippen LogP contribution in [0.25, 0.3) is 5.52 Å². The topological polar surface area (TPSA) is 4.41 Å². The minimum Gasteiger partial charge on any atom is -0.320 e. The monoisotopic (exact) mass is 201 g/mol. The molecule has 0 spiro atoms. The van der Waals surface area contributed by atoms with Gasteiger partial charge in [-0.2, -0.15) is 0 Å². The largest absolute Gasteiger partial charge is 0.320 e. The molecule has 0 unspecified atom stereocenters. The van der Waals surface area contributed by atoms with Gasteiger partial charge in [0.15, 0.2) is 0 Å². The highest BCUT2D eigenvalue weighted by Gasteiger charge is 2.19. The first-order chi connectivity index (χ1) is 7.04. The summed E-state index contributed by atoms with van der Waals surface area (Å²) in [4.78, 5) is 0. The lowest BCUT2D eigenvalue weighted by Crippen LogP contribution is -2.13. The molecule has 0 saturated carbocycles. The van der Waals surface area contributed by atoms with E-state index in [1.807, 2.05) is 0 Å². The summed E-state index contributed by atoms with van der Waals surface area (Å²) >= 11 is 0. The maximum Gasteiger partial charge on any atom is 0.0485 e. The van der Waals surface area contributed by atoms with Gasteiger partial charge in [-0.1, -0.05) is 33.8 Å². The second-order valence-corrected chi connectivity index (χ2v) is 5.11. The zero-order chi connectivity index (χ0) is 11.1. The Balaban J connectivity index is 2.76. The van der Waals surface area contributed by atoms with E-state index in [9.17, 15) is 0 Å². The summed E-state index contributed by atoms with van der Waals surface area (Å²) in [5, 5.41) is 0. The Morgan fingerprint density at radius 3 is 2.53 bits per heavy atom. The third kappa shape index (κ3) is 1.67. The summed E-state index contributed by atoms with van der Waals surface area (Å²) in [5.41, 5.74) is 4.40. The molecule has 0 aliphatic rings. The average molecular weight is 201 g/mol. The SMILES string of the molecule is CCc1cc(C(C)(C)C)n2ccccc12. The molecule has 0 fully saturated rings. The van der Waals surface area contributed by atoms with E-state index in [1.165, 1.54) is 16.8 Å². The van der Waals surface area contributed by atoms with Crippen molar-refractivity contribution in [2.45, 2.75) is 39.5 Å². The van der Waals surface area contributed by atoms with E-state index in [-0.39, 0.29) is 5.41 Å². The Morgan fingerprint density at radius 1 is 1.20 bits per heavy atom. The van der Waals surface area contributed by atoms with Crippen LogP contribution in [0.1, 0.15) is 39.0 Å². The number of aryl methyl sites for hydroxylation is 1. The molecule has 1 heteroatoms. The van der Waals surface area contributed by atoms with E-state index in [2.05, 4.69) is 62.6 Å². The third-order valence-electron chi connectivity index (χ3n) is 2.91. The van der Waals surface area contributed by atoms with E-state index in [0.29, 0.717) is 0 Å². The molecule has 0 aromatic carbocycles. The molecule has 0 N–H and O–H groups in total. The minimum absolute atomic E-state index is 0.206. The van der Waals surface area contributed by atoms with Crippen LogP contribution in [0, 0.1) is 0 Å². The van der Waals surface area contributed by atoms with Crippen LogP contribution >= 0.6 is 0 Å². The predicted octanol–water partition coefficient (Wildman–Crippen LogP) is 3.80. The highest BCUT2D eigenvalue weighted by atomic mass is 14.9. The van der Waals surface area contributed by atoms with Gasteiger partial charge < -0.3 is 4.40 Å². The van der Waals surface area contributed by atoms with Gasteiger partial charge in [0.2, 0.25) is 0 Å². The maximum absolute atomic E-state index is 2.34. The zero-order valence-electron chi connectivity index (χ0n) is 10.0. The lowest BCUT2D eigenvalue weighted by molar-refractivity contribution is 0.564. The molecular weight excluding hydrogens is 182 g/mol. The fourth-order valence-corrected chi connectivity index (χ4v) is 2.08. The number of hydrogen-bond acceptors (Lipinski definition) is 0. The van der Waals surface area contributed by atoms with Crippen molar-refractivity contribution in [2.24, 2.45) is 0 Å². The summed E-state index contributed by atoms with van der Waals surface area (Å²) < 4.78 is 2.32. The van der Waals surface area contributed by atoms with Gasteiger partial charge >= 0.3 is 0 Å². The van der Waals surface area contributed by atoms with Crippen molar-refractivity contribution in [1.82, 2.24) is 4.40 Å². The normalized spacial score (nSPS) is 12.3. The van der Waals surface area contributed by atoms with Crippen molar-refractivity contribution in [1.29, 1.82) is 0 Å². The lowest BCUT2D eigenvalue weighted by atomic mass is 9.92. The molecule has 80 valence electrons. The zero-order valence-corrected chi connectivity index (χ0v) is 10.0. The first-order valence-electron chi connectivity index (χ1n) is 5.63. The van der Waals surface area contributed by atoms with Crippen LogP contribution in [0.15, 0.2) is 30.5 Å². The van der Waals surface area contributed by atoms with Gasteiger partial charge in [-0.05, 0) is 30.2 Å². The van der Waals surface area contributed by atoms with Crippen molar-refractivity contribution in [3.05, 3.63) is 41.7 Å². The number of nitrogens with zero attached hydrogens (tertiary/aromatic N) is 1. The first kappa shape index (κ1) is 10.3.